The summed E-state index contributed by atoms with van der Waals surface area (Å²) in [7, 11) is 8.63. The van der Waals surface area contributed by atoms with Crippen molar-refractivity contribution in [2.45, 2.75) is 32.0 Å². The number of likely N-dealkylation sites (N-methyl/N-ethyl adjacent to an activating group) is 2. The largest absolute Gasteiger partial charge is 0.467 e. The van der Waals surface area contributed by atoms with Crippen molar-refractivity contribution in [1.29, 1.82) is 0 Å². The predicted octanol–water partition coefficient (Wildman–Crippen LogP) is 1.56. The molecule has 0 N–H and O–H groups in total. The molecule has 186 valence electrons. The Hall–Kier alpha value is -2.72. The fraction of sp³-hybridized carbons (Fsp3) is 0.583. The molecule has 0 aliphatic carbocycles. The summed E-state index contributed by atoms with van der Waals surface area (Å²) in [4.78, 5) is 34.8. The van der Waals surface area contributed by atoms with Crippen LogP contribution in [0.4, 0.5) is 20.2 Å². The maximum Gasteiger partial charge on any atom is 0.330 e. The highest BCUT2D eigenvalue weighted by molar-refractivity contribution is 6.02. The van der Waals surface area contributed by atoms with Crippen LogP contribution in [0.2, 0.25) is 0 Å². The fourth-order valence-corrected chi connectivity index (χ4v) is 5.22. The summed E-state index contributed by atoms with van der Waals surface area (Å²) in [6.07, 6.45) is 0. The van der Waals surface area contributed by atoms with Crippen LogP contribution in [0.15, 0.2) is 10.9 Å². The molecule has 34 heavy (non-hydrogen) atoms. The lowest BCUT2D eigenvalue weighted by Crippen LogP contribution is -2.69. The van der Waals surface area contributed by atoms with Gasteiger partial charge in [0.2, 0.25) is 0 Å². The number of fused-ring (bicyclic) bond motifs is 5. The van der Waals surface area contributed by atoms with E-state index in [-0.39, 0.29) is 28.9 Å². The Morgan fingerprint density at radius 1 is 1.21 bits per heavy atom. The molecule has 3 unspecified atom stereocenters. The van der Waals surface area contributed by atoms with Crippen molar-refractivity contribution in [3.63, 3.8) is 0 Å². The second-order valence-corrected chi connectivity index (χ2v) is 9.73. The summed E-state index contributed by atoms with van der Waals surface area (Å²) >= 11 is 0. The lowest BCUT2D eigenvalue weighted by molar-refractivity contribution is -0.143. The Kier molecular flexibility index (Phi) is 6.32. The first kappa shape index (κ1) is 24.4. The van der Waals surface area contributed by atoms with Crippen LogP contribution in [0.1, 0.15) is 12.5 Å². The lowest BCUT2D eigenvalue weighted by atomic mass is 9.92. The molecule has 0 spiro atoms. The van der Waals surface area contributed by atoms with Crippen LogP contribution < -0.4 is 15.4 Å². The Labute approximate surface area is 198 Å². The van der Waals surface area contributed by atoms with Gasteiger partial charge in [-0.2, -0.15) is 0 Å². The zero-order chi connectivity index (χ0) is 25.1. The van der Waals surface area contributed by atoms with Crippen LogP contribution >= 0.6 is 0 Å². The van der Waals surface area contributed by atoms with E-state index in [1.54, 1.807) is 4.90 Å². The Morgan fingerprint density at radius 3 is 2.50 bits per heavy atom. The van der Waals surface area contributed by atoms with E-state index in [0.717, 1.165) is 0 Å². The Morgan fingerprint density at radius 2 is 1.88 bits per heavy atom. The first-order valence-corrected chi connectivity index (χ1v) is 11.5. The second kappa shape index (κ2) is 8.81. The van der Waals surface area contributed by atoms with Crippen molar-refractivity contribution in [2.24, 2.45) is 7.05 Å². The SMILES string of the molecule is COC(=O)C1C2CN(C)C(C)CN2c2c(c(=O)n(C)c3c(F)c(C)c(F)cc23)N1CCN(C)C. The minimum absolute atomic E-state index is 0.0667. The van der Waals surface area contributed by atoms with Gasteiger partial charge in [0.15, 0.2) is 5.82 Å². The van der Waals surface area contributed by atoms with Gasteiger partial charge in [0, 0.05) is 50.2 Å². The number of anilines is 2. The molecule has 1 saturated heterocycles. The van der Waals surface area contributed by atoms with Crippen LogP contribution in [0.3, 0.4) is 0 Å². The number of pyridine rings is 1. The van der Waals surface area contributed by atoms with E-state index in [4.69, 9.17) is 4.74 Å². The molecule has 1 aromatic heterocycles. The molecule has 2 aromatic rings. The maximum atomic E-state index is 15.3. The Balaban J connectivity index is 2.11. The number of hydrogen-bond donors (Lipinski definition) is 0. The van der Waals surface area contributed by atoms with Crippen LogP contribution in [0, 0.1) is 18.6 Å². The number of aryl methyl sites for hydroxylation is 1. The van der Waals surface area contributed by atoms with Gasteiger partial charge in [-0.05, 0) is 41.1 Å². The average Bonchev–Trinajstić information content (AvgIpc) is 2.78. The van der Waals surface area contributed by atoms with Gasteiger partial charge in [0.05, 0.1) is 24.4 Å². The molecule has 10 heteroatoms. The smallest absolute Gasteiger partial charge is 0.330 e. The first-order chi connectivity index (χ1) is 16.0. The van der Waals surface area contributed by atoms with Crippen molar-refractivity contribution in [2.75, 3.05) is 64.2 Å². The van der Waals surface area contributed by atoms with E-state index in [1.807, 2.05) is 30.9 Å². The molecule has 0 bridgehead atoms. The van der Waals surface area contributed by atoms with Crippen molar-refractivity contribution in [3.8, 4) is 0 Å². The van der Waals surface area contributed by atoms with Crippen LogP contribution in [0.5, 0.6) is 0 Å². The van der Waals surface area contributed by atoms with E-state index < -0.39 is 29.2 Å². The van der Waals surface area contributed by atoms with E-state index in [9.17, 15) is 14.0 Å². The highest BCUT2D eigenvalue weighted by Crippen LogP contribution is 2.44. The number of piperazine rings is 1. The van der Waals surface area contributed by atoms with Gasteiger partial charge >= 0.3 is 5.97 Å². The summed E-state index contributed by atoms with van der Waals surface area (Å²) < 4.78 is 36.6. The minimum Gasteiger partial charge on any atom is -0.467 e. The third-order valence-electron chi connectivity index (χ3n) is 7.34. The zero-order valence-electron chi connectivity index (χ0n) is 20.9. The van der Waals surface area contributed by atoms with Gasteiger partial charge in [0.25, 0.3) is 5.56 Å². The number of esters is 1. The molecule has 3 heterocycles. The van der Waals surface area contributed by atoms with Crippen molar-refractivity contribution >= 4 is 28.2 Å². The lowest BCUT2D eigenvalue weighted by Gasteiger charge is -2.54. The molecule has 0 amide bonds. The monoisotopic (exact) mass is 477 g/mol. The van der Waals surface area contributed by atoms with E-state index in [2.05, 4.69) is 11.8 Å². The van der Waals surface area contributed by atoms with Crippen LogP contribution in [-0.2, 0) is 16.6 Å². The van der Waals surface area contributed by atoms with Gasteiger partial charge in [-0.3, -0.25) is 9.69 Å². The number of benzene rings is 1. The van der Waals surface area contributed by atoms with Gasteiger partial charge < -0.3 is 24.0 Å². The number of aromatic nitrogens is 1. The van der Waals surface area contributed by atoms with E-state index >= 15 is 4.39 Å². The third-order valence-corrected chi connectivity index (χ3v) is 7.34. The fourth-order valence-electron chi connectivity index (χ4n) is 5.22. The average molecular weight is 478 g/mol. The minimum atomic E-state index is -0.744. The highest BCUT2D eigenvalue weighted by atomic mass is 19.1. The molecular formula is C24H33F2N5O3. The maximum absolute atomic E-state index is 15.3. The molecule has 1 aromatic carbocycles. The number of methoxy groups -OCH3 is 1. The zero-order valence-corrected chi connectivity index (χ0v) is 20.9. The summed E-state index contributed by atoms with van der Waals surface area (Å²) in [5, 5.41) is 0.331. The molecule has 0 radical (unpaired) electrons. The molecule has 2 aliphatic heterocycles. The van der Waals surface area contributed by atoms with Gasteiger partial charge in [-0.15, -0.1) is 0 Å². The first-order valence-electron chi connectivity index (χ1n) is 11.5. The quantitative estimate of drug-likeness (QED) is 0.620. The predicted molar refractivity (Wildman–Crippen MR) is 129 cm³/mol. The second-order valence-electron chi connectivity index (χ2n) is 9.73. The number of rotatable bonds is 4. The molecule has 3 atom stereocenters. The van der Waals surface area contributed by atoms with E-state index in [0.29, 0.717) is 37.3 Å². The number of hydrogen-bond acceptors (Lipinski definition) is 7. The number of halogens is 2. The summed E-state index contributed by atoms with van der Waals surface area (Å²) in [5.41, 5.74) is 0.281. The molecule has 0 saturated carbocycles. The van der Waals surface area contributed by atoms with Gasteiger partial charge in [-0.25, -0.2) is 13.6 Å². The van der Waals surface area contributed by atoms with Crippen molar-refractivity contribution in [1.82, 2.24) is 14.4 Å². The highest BCUT2D eigenvalue weighted by Gasteiger charge is 2.49. The number of carbonyl (C=O) groups is 1. The summed E-state index contributed by atoms with van der Waals surface area (Å²) in [5.74, 6) is -1.85. The van der Waals surface area contributed by atoms with Gasteiger partial charge in [0.1, 0.15) is 17.5 Å². The standard InChI is InChI=1S/C24H33F2N5O3/c1-13-11-31-17(12-28(13)5)21(24(33)34-7)30(9-8-27(3)4)22-20(31)15-10-16(25)14(2)18(26)19(15)29(6)23(22)32/h10,13,17,21H,8-9,11-12H2,1-7H3. The number of ether oxygens (including phenoxy) is 1. The molecule has 8 nitrogen and oxygen atoms in total. The summed E-state index contributed by atoms with van der Waals surface area (Å²) in [6, 6.07) is 0.327. The normalized spacial score (nSPS) is 22.8. The van der Waals surface area contributed by atoms with Gasteiger partial charge in [-0.1, -0.05) is 0 Å². The summed E-state index contributed by atoms with van der Waals surface area (Å²) in [6.45, 7) is 5.40. The topological polar surface area (TPSA) is 61.3 Å². The third kappa shape index (κ3) is 3.63. The molecule has 1 fully saturated rings. The van der Waals surface area contributed by atoms with E-state index in [1.165, 1.54) is 31.7 Å². The van der Waals surface area contributed by atoms with Crippen LogP contribution in [0.25, 0.3) is 10.9 Å². The van der Waals surface area contributed by atoms with Crippen LogP contribution in [-0.4, -0.2) is 92.9 Å². The van der Waals surface area contributed by atoms with Crippen molar-refractivity contribution in [3.05, 3.63) is 33.6 Å². The van der Waals surface area contributed by atoms with Crippen molar-refractivity contribution < 1.29 is 18.3 Å². The number of carbonyl (C=O) groups excluding carboxylic acids is 1. The molecular weight excluding hydrogens is 444 g/mol. The molecule has 2 aliphatic rings. The molecule has 4 rings (SSSR count). The Bertz CT molecular complexity index is 1200. The number of nitrogens with zero attached hydrogens (tertiary/aromatic N) is 5.